The molecule has 4 nitrogen and oxygen atoms in total. The van der Waals surface area contributed by atoms with E-state index in [2.05, 4.69) is 91.5 Å². The fourth-order valence-electron chi connectivity index (χ4n) is 2.82. The number of rotatable bonds is 10. The number of benzene rings is 2. The van der Waals surface area contributed by atoms with Crippen molar-refractivity contribution >= 4 is 23.5 Å². The second-order valence-electron chi connectivity index (χ2n) is 7.62. The molecule has 0 saturated heterocycles. The van der Waals surface area contributed by atoms with Crippen LogP contribution >= 0.6 is 23.5 Å². The van der Waals surface area contributed by atoms with E-state index in [-0.39, 0.29) is 0 Å². The molecule has 0 aliphatic carbocycles. The fraction of sp³-hybridized carbons (Fsp3) is 0.333. The molecule has 6 heteroatoms. The third-order valence-corrected chi connectivity index (χ3v) is 6.44. The zero-order chi connectivity index (χ0) is 21.3. The van der Waals surface area contributed by atoms with Gasteiger partial charge < -0.3 is 9.80 Å². The maximum atomic E-state index is 4.87. The molecule has 0 fully saturated rings. The molecule has 0 bridgehead atoms. The lowest BCUT2D eigenvalue weighted by Crippen LogP contribution is -2.14. The molecule has 3 aromatic rings. The predicted molar refractivity (Wildman–Crippen MR) is 131 cm³/mol. The zero-order valence-corrected chi connectivity index (χ0v) is 19.8. The first-order valence-corrected chi connectivity index (χ1v) is 12.1. The van der Waals surface area contributed by atoms with Crippen LogP contribution in [0, 0.1) is 0 Å². The van der Waals surface area contributed by atoms with Gasteiger partial charge >= 0.3 is 0 Å². The van der Waals surface area contributed by atoms with Crippen molar-refractivity contribution in [1.29, 1.82) is 0 Å². The summed E-state index contributed by atoms with van der Waals surface area (Å²) in [5.41, 5.74) is 3.15. The maximum absolute atomic E-state index is 4.87. The van der Waals surface area contributed by atoms with Gasteiger partial charge in [-0.15, -0.1) is 23.5 Å². The minimum Gasteiger partial charge on any atom is -0.309 e. The molecular weight excluding hydrogens is 408 g/mol. The van der Waals surface area contributed by atoms with E-state index in [9.17, 15) is 0 Å². The van der Waals surface area contributed by atoms with E-state index in [4.69, 9.17) is 4.98 Å². The summed E-state index contributed by atoms with van der Waals surface area (Å²) in [5, 5.41) is 0. The molecule has 158 valence electrons. The molecule has 0 spiro atoms. The van der Waals surface area contributed by atoms with E-state index >= 15 is 0 Å². The quantitative estimate of drug-likeness (QED) is 0.409. The highest BCUT2D eigenvalue weighted by molar-refractivity contribution is 7.99. The number of aromatic nitrogens is 2. The highest BCUT2D eigenvalue weighted by Gasteiger charge is 2.07. The Morgan fingerprint density at radius 1 is 0.733 bits per heavy atom. The lowest BCUT2D eigenvalue weighted by molar-refractivity contribution is 0.437. The van der Waals surface area contributed by atoms with E-state index in [1.165, 1.54) is 9.79 Å². The number of nitrogens with zero attached hydrogens (tertiary/aromatic N) is 4. The van der Waals surface area contributed by atoms with Crippen molar-refractivity contribution in [2.24, 2.45) is 0 Å². The first-order chi connectivity index (χ1) is 14.5. The van der Waals surface area contributed by atoms with Crippen LogP contribution in [0.3, 0.4) is 0 Å². The summed E-state index contributed by atoms with van der Waals surface area (Å²) in [4.78, 5) is 16.3. The van der Waals surface area contributed by atoms with Gasteiger partial charge in [-0.1, -0.05) is 24.3 Å². The van der Waals surface area contributed by atoms with E-state index in [1.54, 1.807) is 0 Å². The fourth-order valence-corrected chi connectivity index (χ4v) is 4.98. The molecule has 0 aliphatic rings. The van der Waals surface area contributed by atoms with Gasteiger partial charge in [-0.05, 0) is 58.5 Å². The van der Waals surface area contributed by atoms with Gasteiger partial charge in [-0.25, -0.2) is 9.97 Å². The smallest absolute Gasteiger partial charge is 0.159 e. The SMILES string of the molecule is CN(C)CCSc1cccc(-c2ccnc(-c3cccc(SCCN(C)C)c3)n2)c1. The maximum Gasteiger partial charge on any atom is 0.159 e. The summed E-state index contributed by atoms with van der Waals surface area (Å²) < 4.78 is 0. The van der Waals surface area contributed by atoms with E-state index in [1.807, 2.05) is 35.8 Å². The van der Waals surface area contributed by atoms with Crippen LogP contribution in [0.15, 0.2) is 70.6 Å². The lowest BCUT2D eigenvalue weighted by atomic mass is 10.1. The Morgan fingerprint density at radius 2 is 1.30 bits per heavy atom. The van der Waals surface area contributed by atoms with Gasteiger partial charge in [-0.2, -0.15) is 0 Å². The normalized spacial score (nSPS) is 11.4. The Bertz CT molecular complexity index is 871. The van der Waals surface area contributed by atoms with Crippen molar-refractivity contribution in [2.45, 2.75) is 9.79 Å². The van der Waals surface area contributed by atoms with Crippen LogP contribution in [0.2, 0.25) is 0 Å². The van der Waals surface area contributed by atoms with Crippen molar-refractivity contribution < 1.29 is 0 Å². The summed E-state index contributed by atoms with van der Waals surface area (Å²) in [6, 6.07) is 19.1. The van der Waals surface area contributed by atoms with Crippen LogP contribution in [0.1, 0.15) is 0 Å². The highest BCUT2D eigenvalue weighted by Crippen LogP contribution is 2.27. The second kappa shape index (κ2) is 11.5. The molecule has 0 radical (unpaired) electrons. The first-order valence-electron chi connectivity index (χ1n) is 10.1. The van der Waals surface area contributed by atoms with E-state index in [0.29, 0.717) is 0 Å². The van der Waals surface area contributed by atoms with Crippen LogP contribution in [0.25, 0.3) is 22.6 Å². The molecule has 0 N–H and O–H groups in total. The average Bonchev–Trinajstić information content (AvgIpc) is 2.74. The minimum absolute atomic E-state index is 0.772. The van der Waals surface area contributed by atoms with Crippen LogP contribution in [-0.2, 0) is 0 Å². The Kier molecular flexibility index (Phi) is 8.75. The van der Waals surface area contributed by atoms with Gasteiger partial charge in [0.25, 0.3) is 0 Å². The average molecular weight is 439 g/mol. The Balaban J connectivity index is 1.75. The van der Waals surface area contributed by atoms with Gasteiger partial charge in [0.2, 0.25) is 0 Å². The summed E-state index contributed by atoms with van der Waals surface area (Å²) >= 11 is 3.74. The molecule has 0 unspecified atom stereocenters. The zero-order valence-electron chi connectivity index (χ0n) is 18.2. The van der Waals surface area contributed by atoms with Crippen LogP contribution < -0.4 is 0 Å². The van der Waals surface area contributed by atoms with Gasteiger partial charge in [0, 0.05) is 51.7 Å². The molecule has 0 amide bonds. The summed E-state index contributed by atoms with van der Waals surface area (Å²) in [5.74, 6) is 2.91. The van der Waals surface area contributed by atoms with Crippen molar-refractivity contribution in [3.05, 3.63) is 60.8 Å². The number of thioether (sulfide) groups is 2. The Labute approximate surface area is 189 Å². The van der Waals surface area contributed by atoms with Crippen LogP contribution in [-0.4, -0.2) is 72.6 Å². The lowest BCUT2D eigenvalue weighted by Gasteiger charge is -2.10. The van der Waals surface area contributed by atoms with Crippen LogP contribution in [0.4, 0.5) is 0 Å². The Morgan fingerprint density at radius 3 is 1.90 bits per heavy atom. The molecular formula is C24H30N4S2. The van der Waals surface area contributed by atoms with Crippen molar-refractivity contribution in [1.82, 2.24) is 19.8 Å². The second-order valence-corrected chi connectivity index (χ2v) is 9.96. The summed E-state index contributed by atoms with van der Waals surface area (Å²) in [6.07, 6.45) is 1.86. The third-order valence-electron chi connectivity index (χ3n) is 4.49. The first kappa shape index (κ1) is 22.8. The van der Waals surface area contributed by atoms with Gasteiger partial charge in [0.1, 0.15) is 0 Å². The standard InChI is InChI=1S/C24H30N4S2/c1-27(2)13-15-29-21-9-5-7-19(17-21)23-11-12-25-24(26-23)20-8-6-10-22(18-20)30-16-14-28(3)4/h5-12,17-18H,13-16H2,1-4H3. The highest BCUT2D eigenvalue weighted by atomic mass is 32.2. The molecule has 0 aliphatic heterocycles. The molecule has 0 saturated carbocycles. The molecule has 1 aromatic heterocycles. The van der Waals surface area contributed by atoms with Crippen LogP contribution in [0.5, 0.6) is 0 Å². The minimum atomic E-state index is 0.772. The van der Waals surface area contributed by atoms with Crippen molar-refractivity contribution in [2.75, 3.05) is 52.8 Å². The predicted octanol–water partition coefficient (Wildman–Crippen LogP) is 5.12. The van der Waals surface area contributed by atoms with E-state index in [0.717, 1.165) is 47.2 Å². The Hall–Kier alpha value is -1.86. The monoisotopic (exact) mass is 438 g/mol. The van der Waals surface area contributed by atoms with Gasteiger partial charge in [0.05, 0.1) is 5.69 Å². The summed E-state index contributed by atoms with van der Waals surface area (Å²) in [7, 11) is 8.42. The molecule has 3 rings (SSSR count). The number of hydrogen-bond donors (Lipinski definition) is 0. The largest absolute Gasteiger partial charge is 0.309 e. The van der Waals surface area contributed by atoms with Gasteiger partial charge in [0.15, 0.2) is 5.82 Å². The van der Waals surface area contributed by atoms with Crippen molar-refractivity contribution in [3.63, 3.8) is 0 Å². The molecule has 1 heterocycles. The number of hydrogen-bond acceptors (Lipinski definition) is 6. The summed E-state index contributed by atoms with van der Waals surface area (Å²) in [6.45, 7) is 2.12. The molecule has 0 atom stereocenters. The molecule has 30 heavy (non-hydrogen) atoms. The van der Waals surface area contributed by atoms with E-state index < -0.39 is 0 Å². The van der Waals surface area contributed by atoms with Gasteiger partial charge in [-0.3, -0.25) is 0 Å². The molecule has 2 aromatic carbocycles. The van der Waals surface area contributed by atoms with Crippen molar-refractivity contribution in [3.8, 4) is 22.6 Å². The topological polar surface area (TPSA) is 32.3 Å². The third kappa shape index (κ3) is 7.13.